The first-order valence-electron chi connectivity index (χ1n) is 4.74. The van der Waals surface area contributed by atoms with Gasteiger partial charge in [0, 0.05) is 3.57 Å². The molecule has 0 amide bonds. The maximum atomic E-state index is 11.6. The number of hydrogen-bond acceptors (Lipinski definition) is 2. The first kappa shape index (κ1) is 14.1. The van der Waals surface area contributed by atoms with E-state index in [-0.39, 0.29) is 11.9 Å². The highest BCUT2D eigenvalue weighted by molar-refractivity contribution is 14.1. The highest BCUT2D eigenvalue weighted by Gasteiger charge is 2.23. The van der Waals surface area contributed by atoms with Gasteiger partial charge in [-0.05, 0) is 40.6 Å². The third kappa shape index (κ3) is 2.81. The summed E-state index contributed by atoms with van der Waals surface area (Å²) in [6.45, 7) is 1.91. The van der Waals surface area contributed by atoms with Gasteiger partial charge in [0.05, 0.1) is 23.1 Å². The van der Waals surface area contributed by atoms with Gasteiger partial charge in [0.1, 0.15) is 0 Å². The van der Waals surface area contributed by atoms with Crippen molar-refractivity contribution in [2.45, 2.75) is 19.3 Å². The summed E-state index contributed by atoms with van der Waals surface area (Å²) in [7, 11) is 1.37. The van der Waals surface area contributed by atoms with E-state index >= 15 is 0 Å². The molecule has 0 aliphatic carbocycles. The van der Waals surface area contributed by atoms with Gasteiger partial charge < -0.3 is 4.74 Å². The first-order valence-corrected chi connectivity index (χ1v) is 6.57. The third-order valence-corrected chi connectivity index (χ3v) is 4.45. The standard InChI is InChI=1S/C11H11Cl2IO2/c1-3-6(11(15)16-2)7-4-5-8(14)10(13)9(7)12/h4-6H,3H2,1-2H3. The minimum absolute atomic E-state index is 0.290. The molecule has 0 saturated carbocycles. The molecule has 0 fully saturated rings. The number of rotatable bonds is 3. The summed E-state index contributed by atoms with van der Waals surface area (Å²) in [6, 6.07) is 3.66. The number of methoxy groups -OCH3 is 1. The van der Waals surface area contributed by atoms with Crippen LogP contribution in [0.15, 0.2) is 12.1 Å². The molecule has 1 atom stereocenters. The van der Waals surface area contributed by atoms with Crippen molar-refractivity contribution in [3.05, 3.63) is 31.3 Å². The quantitative estimate of drug-likeness (QED) is 0.450. The molecule has 0 aliphatic rings. The summed E-state index contributed by atoms with van der Waals surface area (Å²) >= 11 is 14.3. The predicted molar refractivity (Wildman–Crippen MR) is 74.2 cm³/mol. The molecule has 1 aromatic carbocycles. The average molecular weight is 373 g/mol. The molecule has 1 unspecified atom stereocenters. The Morgan fingerprint density at radius 2 is 2.06 bits per heavy atom. The lowest BCUT2D eigenvalue weighted by Gasteiger charge is -2.15. The van der Waals surface area contributed by atoms with Crippen LogP contribution in [0.2, 0.25) is 10.0 Å². The Balaban J connectivity index is 3.21. The highest BCUT2D eigenvalue weighted by Crippen LogP contribution is 2.35. The fraction of sp³-hybridized carbons (Fsp3) is 0.364. The zero-order valence-corrected chi connectivity index (χ0v) is 12.6. The minimum atomic E-state index is -0.355. The van der Waals surface area contributed by atoms with E-state index in [1.54, 1.807) is 0 Å². The summed E-state index contributed by atoms with van der Waals surface area (Å²) < 4.78 is 5.61. The monoisotopic (exact) mass is 372 g/mol. The minimum Gasteiger partial charge on any atom is -0.469 e. The molecule has 0 aliphatic heterocycles. The Bertz CT molecular complexity index is 407. The largest absolute Gasteiger partial charge is 0.469 e. The van der Waals surface area contributed by atoms with E-state index in [1.165, 1.54) is 7.11 Å². The number of benzene rings is 1. The van der Waals surface area contributed by atoms with Gasteiger partial charge in [-0.1, -0.05) is 36.2 Å². The molecule has 1 rings (SSSR count). The summed E-state index contributed by atoms with van der Waals surface area (Å²) in [4.78, 5) is 11.6. The molecule has 2 nitrogen and oxygen atoms in total. The van der Waals surface area contributed by atoms with Gasteiger partial charge >= 0.3 is 5.97 Å². The van der Waals surface area contributed by atoms with Crippen molar-refractivity contribution in [2.75, 3.05) is 7.11 Å². The molecule has 0 heterocycles. The van der Waals surface area contributed by atoms with Crippen LogP contribution in [-0.4, -0.2) is 13.1 Å². The van der Waals surface area contributed by atoms with Gasteiger partial charge in [-0.25, -0.2) is 0 Å². The second-order valence-electron chi connectivity index (χ2n) is 3.25. The first-order chi connectivity index (χ1) is 7.52. The van der Waals surface area contributed by atoms with Gasteiger partial charge in [-0.15, -0.1) is 0 Å². The molecular weight excluding hydrogens is 362 g/mol. The molecule has 1 aromatic rings. The van der Waals surface area contributed by atoms with Crippen LogP contribution in [0.1, 0.15) is 24.8 Å². The normalized spacial score (nSPS) is 12.3. The SMILES string of the molecule is CCC(C(=O)OC)c1ccc(I)c(Cl)c1Cl. The molecule has 0 aromatic heterocycles. The molecule has 0 saturated heterocycles. The lowest BCUT2D eigenvalue weighted by molar-refractivity contribution is -0.142. The summed E-state index contributed by atoms with van der Waals surface area (Å²) in [5, 5.41) is 0.924. The molecule has 0 spiro atoms. The maximum Gasteiger partial charge on any atom is 0.313 e. The molecular formula is C11H11Cl2IO2. The number of esters is 1. The van der Waals surface area contributed by atoms with Crippen LogP contribution < -0.4 is 0 Å². The van der Waals surface area contributed by atoms with Crippen molar-refractivity contribution in [1.29, 1.82) is 0 Å². The lowest BCUT2D eigenvalue weighted by Crippen LogP contribution is -2.14. The third-order valence-electron chi connectivity index (χ3n) is 2.33. The van der Waals surface area contributed by atoms with Crippen LogP contribution >= 0.6 is 45.8 Å². The Hall–Kier alpha value is -0.000000000000000111. The number of halogens is 3. The number of ether oxygens (including phenoxy) is 1. The fourth-order valence-corrected chi connectivity index (χ4v) is 2.54. The highest BCUT2D eigenvalue weighted by atomic mass is 127. The van der Waals surface area contributed by atoms with E-state index in [1.807, 2.05) is 19.1 Å². The topological polar surface area (TPSA) is 26.3 Å². The van der Waals surface area contributed by atoms with Gasteiger partial charge in [-0.3, -0.25) is 4.79 Å². The lowest BCUT2D eigenvalue weighted by atomic mass is 9.96. The second kappa shape index (κ2) is 6.07. The number of carbonyl (C=O) groups is 1. The van der Waals surface area contributed by atoms with Crippen molar-refractivity contribution >= 4 is 51.8 Å². The number of carbonyl (C=O) groups excluding carboxylic acids is 1. The molecule has 0 bridgehead atoms. The summed E-state index contributed by atoms with van der Waals surface area (Å²) in [5.74, 6) is -0.645. The van der Waals surface area contributed by atoms with Gasteiger partial charge in [0.15, 0.2) is 0 Å². The van der Waals surface area contributed by atoms with E-state index in [2.05, 4.69) is 22.6 Å². The Morgan fingerprint density at radius 1 is 1.44 bits per heavy atom. The van der Waals surface area contributed by atoms with Crippen LogP contribution in [0.25, 0.3) is 0 Å². The van der Waals surface area contributed by atoms with E-state index in [4.69, 9.17) is 27.9 Å². The maximum absolute atomic E-state index is 11.6. The van der Waals surface area contributed by atoms with Crippen LogP contribution in [-0.2, 0) is 9.53 Å². The van der Waals surface area contributed by atoms with E-state index in [0.29, 0.717) is 16.5 Å². The number of hydrogen-bond donors (Lipinski definition) is 0. The van der Waals surface area contributed by atoms with Crippen molar-refractivity contribution in [2.24, 2.45) is 0 Å². The Morgan fingerprint density at radius 3 is 2.56 bits per heavy atom. The molecule has 0 N–H and O–H groups in total. The van der Waals surface area contributed by atoms with E-state index < -0.39 is 0 Å². The van der Waals surface area contributed by atoms with Crippen LogP contribution in [0, 0.1) is 3.57 Å². The molecule has 5 heteroatoms. The average Bonchev–Trinajstić information content (AvgIpc) is 2.29. The van der Waals surface area contributed by atoms with Crippen LogP contribution in [0.5, 0.6) is 0 Å². The molecule has 0 radical (unpaired) electrons. The van der Waals surface area contributed by atoms with Crippen molar-refractivity contribution in [1.82, 2.24) is 0 Å². The van der Waals surface area contributed by atoms with Gasteiger partial charge in [0.25, 0.3) is 0 Å². The van der Waals surface area contributed by atoms with Gasteiger partial charge in [-0.2, -0.15) is 0 Å². The Labute approximate surface area is 118 Å². The van der Waals surface area contributed by atoms with Crippen molar-refractivity contribution in [3.8, 4) is 0 Å². The zero-order chi connectivity index (χ0) is 12.3. The Kier molecular flexibility index (Phi) is 5.34. The van der Waals surface area contributed by atoms with E-state index in [0.717, 1.165) is 9.13 Å². The zero-order valence-electron chi connectivity index (χ0n) is 8.89. The van der Waals surface area contributed by atoms with Crippen LogP contribution in [0.4, 0.5) is 0 Å². The summed E-state index contributed by atoms with van der Waals surface area (Å²) in [5.41, 5.74) is 0.724. The smallest absolute Gasteiger partial charge is 0.313 e. The van der Waals surface area contributed by atoms with Gasteiger partial charge in [0.2, 0.25) is 0 Å². The van der Waals surface area contributed by atoms with Crippen molar-refractivity contribution in [3.63, 3.8) is 0 Å². The fourth-order valence-electron chi connectivity index (χ4n) is 1.47. The van der Waals surface area contributed by atoms with Crippen molar-refractivity contribution < 1.29 is 9.53 Å². The molecule has 16 heavy (non-hydrogen) atoms. The predicted octanol–water partition coefficient (Wildman–Crippen LogP) is 4.26. The summed E-state index contributed by atoms with van der Waals surface area (Å²) in [6.07, 6.45) is 0.628. The van der Waals surface area contributed by atoms with Crippen LogP contribution in [0.3, 0.4) is 0 Å². The second-order valence-corrected chi connectivity index (χ2v) is 5.17. The van der Waals surface area contributed by atoms with E-state index in [9.17, 15) is 4.79 Å². The molecule has 88 valence electrons.